The van der Waals surface area contributed by atoms with Crippen molar-refractivity contribution >= 4 is 57.4 Å². The molecule has 2 N–H and O–H groups in total. The van der Waals surface area contributed by atoms with Crippen molar-refractivity contribution in [1.29, 1.82) is 0 Å². The van der Waals surface area contributed by atoms with Crippen LogP contribution in [0.2, 0.25) is 10.0 Å². The number of amides is 2. The van der Waals surface area contributed by atoms with E-state index in [4.69, 9.17) is 33.4 Å². The molecule has 1 aliphatic rings. The summed E-state index contributed by atoms with van der Waals surface area (Å²) >= 11 is 12.0. The van der Waals surface area contributed by atoms with Crippen LogP contribution >= 0.6 is 23.2 Å². The quantitative estimate of drug-likeness (QED) is 0.656. The lowest BCUT2D eigenvalue weighted by Gasteiger charge is -2.15. The Kier molecular flexibility index (Phi) is 4.25. The summed E-state index contributed by atoms with van der Waals surface area (Å²) in [6.07, 6.45) is 0. The van der Waals surface area contributed by atoms with Crippen LogP contribution in [0, 0.1) is 0 Å². The number of fused-ring (bicyclic) bond motifs is 1. The first-order valence-electron chi connectivity index (χ1n) is 8.21. The van der Waals surface area contributed by atoms with Crippen molar-refractivity contribution in [1.82, 2.24) is 4.90 Å². The number of carbonyl (C=O) groups is 2. The molecule has 0 radical (unpaired) electrons. The molecule has 4 rings (SSSR count). The molecule has 2 aromatic carbocycles. The predicted molar refractivity (Wildman–Crippen MR) is 106 cm³/mol. The minimum Gasteiger partial charge on any atom is -0.450 e. The van der Waals surface area contributed by atoms with E-state index in [2.05, 4.69) is 0 Å². The maximum Gasteiger partial charge on any atom is 0.324 e. The van der Waals surface area contributed by atoms with Crippen molar-refractivity contribution in [3.05, 3.63) is 57.8 Å². The first kappa shape index (κ1) is 17.7. The summed E-state index contributed by atoms with van der Waals surface area (Å²) in [5, 5.41) is 1.25. The lowest BCUT2D eigenvalue weighted by Crippen LogP contribution is -2.29. The van der Waals surface area contributed by atoms with E-state index in [-0.39, 0.29) is 28.1 Å². The lowest BCUT2D eigenvalue weighted by molar-refractivity contribution is 0.101. The second kappa shape index (κ2) is 6.48. The molecule has 138 valence electrons. The Balaban J connectivity index is 1.75. The van der Waals surface area contributed by atoms with Crippen molar-refractivity contribution in [2.45, 2.75) is 0 Å². The Morgan fingerprint density at radius 3 is 2.59 bits per heavy atom. The summed E-state index contributed by atoms with van der Waals surface area (Å²) in [5.74, 6) is -0.417. The van der Waals surface area contributed by atoms with Gasteiger partial charge in [-0.3, -0.25) is 9.69 Å². The van der Waals surface area contributed by atoms with Gasteiger partial charge in [-0.1, -0.05) is 23.2 Å². The first-order chi connectivity index (χ1) is 12.9. The van der Waals surface area contributed by atoms with Gasteiger partial charge in [0.2, 0.25) is 5.78 Å². The zero-order valence-electron chi connectivity index (χ0n) is 14.3. The van der Waals surface area contributed by atoms with E-state index in [1.807, 2.05) is 0 Å². The lowest BCUT2D eigenvalue weighted by atomic mass is 10.1. The Morgan fingerprint density at radius 2 is 1.93 bits per heavy atom. The Hall–Kier alpha value is -2.70. The van der Waals surface area contributed by atoms with Crippen molar-refractivity contribution < 1.29 is 14.0 Å². The van der Waals surface area contributed by atoms with Crippen LogP contribution in [0.3, 0.4) is 0 Å². The van der Waals surface area contributed by atoms with Crippen LogP contribution < -0.4 is 10.6 Å². The minimum absolute atomic E-state index is 0.0104. The highest BCUT2D eigenvalue weighted by Crippen LogP contribution is 2.34. The number of urea groups is 1. The molecule has 2 heterocycles. The van der Waals surface area contributed by atoms with Crippen LogP contribution in [0.15, 0.2) is 40.8 Å². The monoisotopic (exact) mass is 403 g/mol. The Morgan fingerprint density at radius 1 is 1.15 bits per heavy atom. The molecule has 0 spiro atoms. The van der Waals surface area contributed by atoms with Gasteiger partial charge in [0.15, 0.2) is 5.76 Å². The second-order valence-electron chi connectivity index (χ2n) is 6.33. The van der Waals surface area contributed by atoms with E-state index in [0.717, 1.165) is 0 Å². The number of halogens is 2. The number of carbonyl (C=O) groups excluding carboxylic acids is 2. The molecule has 0 unspecified atom stereocenters. The molecular formula is C19H15Cl2N3O3. The van der Waals surface area contributed by atoms with Gasteiger partial charge < -0.3 is 15.1 Å². The molecule has 0 bridgehead atoms. The molecule has 1 saturated heterocycles. The minimum atomic E-state index is -0.427. The number of hydrogen-bond acceptors (Lipinski definition) is 4. The number of rotatable bonds is 3. The summed E-state index contributed by atoms with van der Waals surface area (Å²) in [5.41, 5.74) is 7.74. The molecule has 2 amide bonds. The maximum atomic E-state index is 12.8. The van der Waals surface area contributed by atoms with E-state index in [0.29, 0.717) is 34.8 Å². The average Bonchev–Trinajstić information content (AvgIpc) is 3.14. The highest BCUT2D eigenvalue weighted by atomic mass is 35.5. The van der Waals surface area contributed by atoms with Crippen LogP contribution in [-0.2, 0) is 0 Å². The SMILES string of the molecule is CN1CCN(c2ccc3c(N)c(C(=O)c4ccc(Cl)cc4Cl)oc3c2)C1=O. The van der Waals surface area contributed by atoms with Gasteiger partial charge >= 0.3 is 6.03 Å². The van der Waals surface area contributed by atoms with Crippen molar-refractivity contribution in [3.63, 3.8) is 0 Å². The van der Waals surface area contributed by atoms with Gasteiger partial charge in [0.1, 0.15) is 5.58 Å². The number of anilines is 2. The fourth-order valence-electron chi connectivity index (χ4n) is 3.12. The van der Waals surface area contributed by atoms with Gasteiger partial charge in [0.05, 0.1) is 10.7 Å². The zero-order valence-corrected chi connectivity index (χ0v) is 15.8. The predicted octanol–water partition coefficient (Wildman–Crippen LogP) is 4.42. The summed E-state index contributed by atoms with van der Waals surface area (Å²) in [6.45, 7) is 1.24. The van der Waals surface area contributed by atoms with Gasteiger partial charge in [-0.2, -0.15) is 0 Å². The maximum absolute atomic E-state index is 12.8. The zero-order chi connectivity index (χ0) is 19.3. The fourth-order valence-corrected chi connectivity index (χ4v) is 3.62. The van der Waals surface area contributed by atoms with Crippen molar-refractivity contribution in [2.24, 2.45) is 0 Å². The number of ketones is 1. The van der Waals surface area contributed by atoms with Crippen molar-refractivity contribution in [3.8, 4) is 0 Å². The second-order valence-corrected chi connectivity index (χ2v) is 7.18. The van der Waals surface area contributed by atoms with Gasteiger partial charge in [0, 0.05) is 47.9 Å². The molecule has 0 saturated carbocycles. The number of likely N-dealkylation sites (N-methyl/N-ethyl adjacent to an activating group) is 1. The van der Waals surface area contributed by atoms with Gasteiger partial charge in [-0.05, 0) is 30.3 Å². The van der Waals surface area contributed by atoms with Gasteiger partial charge in [-0.15, -0.1) is 0 Å². The Labute approximate surface area is 165 Å². The van der Waals surface area contributed by atoms with Crippen LogP contribution in [0.25, 0.3) is 11.0 Å². The summed E-state index contributed by atoms with van der Waals surface area (Å²) in [7, 11) is 1.75. The number of nitrogen functional groups attached to an aromatic ring is 1. The molecule has 0 aliphatic carbocycles. The van der Waals surface area contributed by atoms with E-state index in [9.17, 15) is 9.59 Å². The molecule has 0 atom stereocenters. The number of furan rings is 1. The summed E-state index contributed by atoms with van der Waals surface area (Å²) in [4.78, 5) is 28.3. The molecular weight excluding hydrogens is 389 g/mol. The molecule has 27 heavy (non-hydrogen) atoms. The van der Waals surface area contributed by atoms with E-state index < -0.39 is 5.78 Å². The van der Waals surface area contributed by atoms with Gasteiger partial charge in [0.25, 0.3) is 0 Å². The topological polar surface area (TPSA) is 79.8 Å². The van der Waals surface area contributed by atoms with Crippen molar-refractivity contribution in [2.75, 3.05) is 30.8 Å². The number of nitrogens with zero attached hydrogens (tertiary/aromatic N) is 2. The van der Waals surface area contributed by atoms with Crippen LogP contribution in [-0.4, -0.2) is 36.9 Å². The smallest absolute Gasteiger partial charge is 0.324 e. The summed E-state index contributed by atoms with van der Waals surface area (Å²) < 4.78 is 5.74. The standard InChI is InChI=1S/C19H15Cl2N3O3/c1-23-6-7-24(19(23)26)11-3-5-13-15(9-11)27-18(16(13)22)17(25)12-4-2-10(20)8-14(12)21/h2-5,8-9H,6-7,22H2,1H3. The van der Waals surface area contributed by atoms with E-state index in [1.54, 1.807) is 41.1 Å². The van der Waals surface area contributed by atoms with Gasteiger partial charge in [-0.25, -0.2) is 4.79 Å². The highest BCUT2D eigenvalue weighted by Gasteiger charge is 2.28. The third-order valence-electron chi connectivity index (χ3n) is 4.62. The number of nitrogens with two attached hydrogens (primary N) is 1. The summed E-state index contributed by atoms with van der Waals surface area (Å²) in [6, 6.07) is 9.76. The first-order valence-corrected chi connectivity index (χ1v) is 8.97. The molecule has 6 nitrogen and oxygen atoms in total. The third-order valence-corrected chi connectivity index (χ3v) is 5.17. The number of hydrogen-bond donors (Lipinski definition) is 1. The molecule has 1 aliphatic heterocycles. The highest BCUT2D eigenvalue weighted by molar-refractivity contribution is 6.37. The van der Waals surface area contributed by atoms with E-state index >= 15 is 0 Å². The largest absolute Gasteiger partial charge is 0.450 e. The van der Waals surface area contributed by atoms with Crippen LogP contribution in [0.1, 0.15) is 16.1 Å². The fraction of sp³-hybridized carbons (Fsp3) is 0.158. The van der Waals surface area contributed by atoms with Crippen LogP contribution in [0.5, 0.6) is 0 Å². The molecule has 1 aromatic heterocycles. The Bertz CT molecular complexity index is 1090. The molecule has 3 aromatic rings. The molecule has 8 heteroatoms. The average molecular weight is 404 g/mol. The normalized spacial score (nSPS) is 14.4. The molecule has 1 fully saturated rings. The van der Waals surface area contributed by atoms with E-state index in [1.165, 1.54) is 12.1 Å². The third kappa shape index (κ3) is 2.91. The number of benzene rings is 2. The van der Waals surface area contributed by atoms with Crippen LogP contribution in [0.4, 0.5) is 16.2 Å².